The molecule has 0 aliphatic heterocycles. The number of esters is 1. The van der Waals surface area contributed by atoms with E-state index in [1.165, 1.54) is 0 Å². The Bertz CT molecular complexity index is 407. The van der Waals surface area contributed by atoms with Crippen LogP contribution < -0.4 is 0 Å². The Morgan fingerprint density at radius 2 is 1.89 bits per heavy atom. The van der Waals surface area contributed by atoms with Crippen molar-refractivity contribution in [3.8, 4) is 0 Å². The maximum atomic E-state index is 11.9. The second-order valence-electron chi connectivity index (χ2n) is 3.55. The zero-order valence-corrected chi connectivity index (χ0v) is 11.7. The van der Waals surface area contributed by atoms with Gasteiger partial charge in [0.05, 0.1) is 12.2 Å². The molecule has 0 amide bonds. The van der Waals surface area contributed by atoms with Gasteiger partial charge in [0.2, 0.25) is 0 Å². The first-order valence-electron chi connectivity index (χ1n) is 6.11. The Labute approximate surface area is 110 Å². The molecule has 0 aliphatic rings. The molecule has 0 saturated heterocycles. The highest BCUT2D eigenvalue weighted by Gasteiger charge is 2.14. The molecule has 0 fully saturated rings. The molecule has 0 heterocycles. The Morgan fingerprint density at radius 1 is 1.22 bits per heavy atom. The van der Waals surface area contributed by atoms with Crippen LogP contribution in [0.15, 0.2) is 59.8 Å². The van der Waals surface area contributed by atoms with E-state index < -0.39 is 0 Å². The smallest absolute Gasteiger partial charge is 0.338 e. The third-order valence-corrected chi connectivity index (χ3v) is 2.28. The van der Waals surface area contributed by atoms with Crippen LogP contribution in [0.4, 0.5) is 0 Å². The number of allylic oxidation sites excluding steroid dienone is 7. The first-order chi connectivity index (χ1) is 8.62. The van der Waals surface area contributed by atoms with Gasteiger partial charge in [-0.25, -0.2) is 4.79 Å². The Hall–Kier alpha value is -1.83. The third-order valence-electron chi connectivity index (χ3n) is 2.28. The molecule has 2 heteroatoms. The molecule has 0 spiro atoms. The van der Waals surface area contributed by atoms with Crippen LogP contribution in [0, 0.1) is 0 Å². The van der Waals surface area contributed by atoms with E-state index in [0.717, 1.165) is 5.57 Å². The molecule has 18 heavy (non-hydrogen) atoms. The van der Waals surface area contributed by atoms with Crippen LogP contribution in [-0.4, -0.2) is 12.6 Å². The topological polar surface area (TPSA) is 26.3 Å². The fourth-order valence-corrected chi connectivity index (χ4v) is 1.40. The average molecular weight is 246 g/mol. The van der Waals surface area contributed by atoms with Gasteiger partial charge in [0, 0.05) is 0 Å². The van der Waals surface area contributed by atoms with Gasteiger partial charge in [-0.05, 0) is 44.9 Å². The van der Waals surface area contributed by atoms with Gasteiger partial charge in [0.15, 0.2) is 0 Å². The van der Waals surface area contributed by atoms with Crippen LogP contribution in [0.25, 0.3) is 0 Å². The molecule has 0 N–H and O–H groups in total. The number of carbonyl (C=O) groups excluding carboxylic acids is 1. The standard InChI is InChI=1S/C16H22O2/c1-6-10-12-15(16(17)18-9-4)13(5)14(8-3)11-7-2/h6-8,10-12H,5,9H2,1-4H3/b10-6-,11-7-,14-8+,15-12+. The molecule has 0 unspecified atom stereocenters. The number of carbonyl (C=O) groups is 1. The molecule has 98 valence electrons. The summed E-state index contributed by atoms with van der Waals surface area (Å²) in [5.74, 6) is -0.343. The number of hydrogen-bond donors (Lipinski definition) is 0. The second-order valence-corrected chi connectivity index (χ2v) is 3.55. The summed E-state index contributed by atoms with van der Waals surface area (Å²) in [6, 6.07) is 0. The lowest BCUT2D eigenvalue weighted by atomic mass is 9.98. The van der Waals surface area contributed by atoms with E-state index in [-0.39, 0.29) is 5.97 Å². The second kappa shape index (κ2) is 9.23. The lowest BCUT2D eigenvalue weighted by Gasteiger charge is -2.10. The van der Waals surface area contributed by atoms with Crippen LogP contribution in [-0.2, 0) is 9.53 Å². The first-order valence-corrected chi connectivity index (χ1v) is 6.11. The fraction of sp³-hybridized carbons (Fsp3) is 0.312. The van der Waals surface area contributed by atoms with E-state index >= 15 is 0 Å². The summed E-state index contributed by atoms with van der Waals surface area (Å²) in [6.07, 6.45) is 11.2. The fourth-order valence-electron chi connectivity index (χ4n) is 1.40. The van der Waals surface area contributed by atoms with Crippen molar-refractivity contribution in [2.24, 2.45) is 0 Å². The van der Waals surface area contributed by atoms with Crippen LogP contribution in [0.2, 0.25) is 0 Å². The van der Waals surface area contributed by atoms with Crippen molar-refractivity contribution in [3.05, 3.63) is 59.8 Å². The van der Waals surface area contributed by atoms with E-state index in [1.54, 1.807) is 19.1 Å². The quantitative estimate of drug-likeness (QED) is 0.400. The minimum absolute atomic E-state index is 0.343. The van der Waals surface area contributed by atoms with Gasteiger partial charge in [0.25, 0.3) is 0 Å². The van der Waals surface area contributed by atoms with Gasteiger partial charge in [0.1, 0.15) is 0 Å². The van der Waals surface area contributed by atoms with Gasteiger partial charge in [-0.3, -0.25) is 0 Å². The van der Waals surface area contributed by atoms with Gasteiger partial charge in [-0.15, -0.1) is 0 Å². The van der Waals surface area contributed by atoms with Crippen molar-refractivity contribution >= 4 is 5.97 Å². The molecule has 0 rings (SSSR count). The van der Waals surface area contributed by atoms with Crippen molar-refractivity contribution in [3.63, 3.8) is 0 Å². The van der Waals surface area contributed by atoms with Gasteiger partial charge >= 0.3 is 5.97 Å². The molecular formula is C16H22O2. The van der Waals surface area contributed by atoms with Crippen molar-refractivity contribution in [2.45, 2.75) is 27.7 Å². The zero-order valence-electron chi connectivity index (χ0n) is 11.7. The maximum Gasteiger partial charge on any atom is 0.338 e. The first kappa shape index (κ1) is 16.2. The van der Waals surface area contributed by atoms with Gasteiger partial charge in [-0.1, -0.05) is 37.0 Å². The summed E-state index contributed by atoms with van der Waals surface area (Å²) in [6.45, 7) is 11.9. The highest BCUT2D eigenvalue weighted by atomic mass is 16.5. The SMILES string of the molecule is C=C(C(/C=C\C)=C/C)/C(=C\C=C/C)C(=O)OCC. The predicted octanol–water partition coefficient (Wildman–Crippen LogP) is 4.13. The largest absolute Gasteiger partial charge is 0.462 e. The third kappa shape index (κ3) is 5.00. The van der Waals surface area contributed by atoms with Crippen molar-refractivity contribution in [2.75, 3.05) is 6.61 Å². The monoisotopic (exact) mass is 246 g/mol. The van der Waals surface area contributed by atoms with Crippen LogP contribution in [0.5, 0.6) is 0 Å². The molecule has 0 aromatic heterocycles. The predicted molar refractivity (Wildman–Crippen MR) is 77.2 cm³/mol. The Morgan fingerprint density at radius 3 is 2.33 bits per heavy atom. The summed E-state index contributed by atoms with van der Waals surface area (Å²) in [5.41, 5.74) is 2.08. The molecule has 0 aromatic carbocycles. The zero-order chi connectivity index (χ0) is 14.0. The highest BCUT2D eigenvalue weighted by Crippen LogP contribution is 2.20. The summed E-state index contributed by atoms with van der Waals surface area (Å²) in [4.78, 5) is 11.9. The van der Waals surface area contributed by atoms with Crippen molar-refractivity contribution in [1.82, 2.24) is 0 Å². The molecule has 2 nitrogen and oxygen atoms in total. The summed E-state index contributed by atoms with van der Waals surface area (Å²) in [5, 5.41) is 0. The maximum absolute atomic E-state index is 11.9. The van der Waals surface area contributed by atoms with Gasteiger partial charge in [-0.2, -0.15) is 0 Å². The molecule has 0 aromatic rings. The number of hydrogen-bond acceptors (Lipinski definition) is 2. The molecular weight excluding hydrogens is 224 g/mol. The van der Waals surface area contributed by atoms with Crippen LogP contribution >= 0.6 is 0 Å². The number of ether oxygens (including phenoxy) is 1. The van der Waals surface area contributed by atoms with E-state index in [1.807, 2.05) is 45.1 Å². The molecule has 0 aliphatic carbocycles. The van der Waals surface area contributed by atoms with E-state index in [9.17, 15) is 4.79 Å². The minimum atomic E-state index is -0.343. The summed E-state index contributed by atoms with van der Waals surface area (Å²) in [7, 11) is 0. The normalized spacial score (nSPS) is 13.3. The Balaban J connectivity index is 5.33. The van der Waals surface area contributed by atoms with Crippen molar-refractivity contribution < 1.29 is 9.53 Å². The minimum Gasteiger partial charge on any atom is -0.462 e. The molecule has 0 bridgehead atoms. The lowest BCUT2D eigenvalue weighted by Crippen LogP contribution is -2.10. The van der Waals surface area contributed by atoms with Crippen LogP contribution in [0.3, 0.4) is 0 Å². The summed E-state index contributed by atoms with van der Waals surface area (Å²) < 4.78 is 5.04. The van der Waals surface area contributed by atoms with Crippen LogP contribution in [0.1, 0.15) is 27.7 Å². The summed E-state index contributed by atoms with van der Waals surface area (Å²) >= 11 is 0. The van der Waals surface area contributed by atoms with E-state index in [0.29, 0.717) is 17.8 Å². The average Bonchev–Trinajstić information content (AvgIpc) is 2.36. The van der Waals surface area contributed by atoms with E-state index in [4.69, 9.17) is 4.74 Å². The van der Waals surface area contributed by atoms with Crippen molar-refractivity contribution in [1.29, 1.82) is 0 Å². The molecule has 0 atom stereocenters. The highest BCUT2D eigenvalue weighted by molar-refractivity contribution is 5.95. The Kier molecular flexibility index (Phi) is 8.29. The van der Waals surface area contributed by atoms with E-state index in [2.05, 4.69) is 6.58 Å². The number of rotatable bonds is 6. The molecule has 0 saturated carbocycles. The molecule has 0 radical (unpaired) electrons. The lowest BCUT2D eigenvalue weighted by molar-refractivity contribution is -0.138. The van der Waals surface area contributed by atoms with Gasteiger partial charge < -0.3 is 4.74 Å².